The van der Waals surface area contributed by atoms with E-state index in [-0.39, 0.29) is 36.8 Å². The molecule has 1 amide bonds. The minimum Gasteiger partial charge on any atom is -0.353 e. The van der Waals surface area contributed by atoms with Crippen LogP contribution in [0, 0.1) is 0 Å². The van der Waals surface area contributed by atoms with Gasteiger partial charge in [-0.25, -0.2) is 0 Å². The monoisotopic (exact) mass is 313 g/mol. The van der Waals surface area contributed by atoms with Gasteiger partial charge in [0.05, 0.1) is 6.04 Å². The van der Waals surface area contributed by atoms with Gasteiger partial charge in [-0.2, -0.15) is 0 Å². The largest absolute Gasteiger partial charge is 0.353 e. The van der Waals surface area contributed by atoms with Crippen LogP contribution in [-0.4, -0.2) is 49.6 Å². The van der Waals surface area contributed by atoms with Crippen LogP contribution in [0.5, 0.6) is 0 Å². The van der Waals surface area contributed by atoms with Crippen LogP contribution < -0.4 is 10.6 Å². The highest BCUT2D eigenvalue weighted by Gasteiger charge is 2.19. The Morgan fingerprint density at radius 3 is 2.53 bits per heavy atom. The number of piperidine rings is 1. The van der Waals surface area contributed by atoms with E-state index in [0.29, 0.717) is 0 Å². The van der Waals surface area contributed by atoms with Crippen molar-refractivity contribution in [3.05, 3.63) is 0 Å². The molecule has 1 atom stereocenters. The summed E-state index contributed by atoms with van der Waals surface area (Å²) in [4.78, 5) is 14.2. The van der Waals surface area contributed by atoms with Crippen molar-refractivity contribution in [1.82, 2.24) is 15.5 Å². The Labute approximate surface area is 129 Å². The number of nitrogens with one attached hydrogen (secondary N) is 2. The van der Waals surface area contributed by atoms with E-state index in [2.05, 4.69) is 29.4 Å². The molecule has 6 heteroatoms. The maximum atomic E-state index is 11.8. The number of carbonyl (C=O) groups excluding carboxylic acids is 1. The van der Waals surface area contributed by atoms with E-state index in [1.54, 1.807) is 0 Å². The molecule has 0 bridgehead atoms. The molecule has 0 aromatic rings. The van der Waals surface area contributed by atoms with Crippen molar-refractivity contribution >= 4 is 30.7 Å². The molecule has 116 valence electrons. The van der Waals surface area contributed by atoms with E-state index in [1.807, 2.05) is 0 Å². The van der Waals surface area contributed by atoms with Crippen LogP contribution in [0.4, 0.5) is 0 Å². The Morgan fingerprint density at radius 2 is 2.00 bits per heavy atom. The summed E-state index contributed by atoms with van der Waals surface area (Å²) in [6.07, 6.45) is 4.52. The molecule has 0 aromatic heterocycles. The molecule has 19 heavy (non-hydrogen) atoms. The Balaban J connectivity index is 0. The van der Waals surface area contributed by atoms with Gasteiger partial charge in [0.1, 0.15) is 0 Å². The lowest BCUT2D eigenvalue weighted by atomic mass is 10.0. The highest BCUT2D eigenvalue weighted by Crippen LogP contribution is 2.06. The molecule has 1 fully saturated rings. The fourth-order valence-corrected chi connectivity index (χ4v) is 2.28. The number of hydrogen-bond donors (Lipinski definition) is 2. The van der Waals surface area contributed by atoms with Crippen molar-refractivity contribution in [2.75, 3.05) is 32.7 Å². The number of halogens is 2. The molecular formula is C13H29Cl2N3O. The van der Waals surface area contributed by atoms with Crippen LogP contribution >= 0.6 is 24.8 Å². The third kappa shape index (κ3) is 8.69. The minimum absolute atomic E-state index is 0. The van der Waals surface area contributed by atoms with Crippen LogP contribution in [0.3, 0.4) is 0 Å². The molecule has 1 aliphatic rings. The lowest BCUT2D eigenvalue weighted by molar-refractivity contribution is -0.123. The predicted molar refractivity (Wildman–Crippen MR) is 85.6 cm³/mol. The highest BCUT2D eigenvalue weighted by atomic mass is 35.5. The van der Waals surface area contributed by atoms with Crippen LogP contribution in [0.2, 0.25) is 0 Å². The van der Waals surface area contributed by atoms with Gasteiger partial charge in [0.2, 0.25) is 5.91 Å². The third-order valence-corrected chi connectivity index (χ3v) is 3.34. The zero-order valence-corrected chi connectivity index (χ0v) is 13.7. The normalized spacial score (nSPS) is 18.4. The van der Waals surface area contributed by atoms with Gasteiger partial charge in [-0.15, -0.1) is 24.8 Å². The summed E-state index contributed by atoms with van der Waals surface area (Å²) >= 11 is 0. The van der Waals surface area contributed by atoms with E-state index in [9.17, 15) is 4.79 Å². The summed E-state index contributed by atoms with van der Waals surface area (Å²) < 4.78 is 0. The fraction of sp³-hybridized carbons (Fsp3) is 0.923. The molecule has 1 aliphatic heterocycles. The summed E-state index contributed by atoms with van der Waals surface area (Å²) in [5, 5.41) is 6.30. The molecule has 1 heterocycles. The number of amides is 1. The summed E-state index contributed by atoms with van der Waals surface area (Å²) in [7, 11) is 0. The van der Waals surface area contributed by atoms with Crippen LogP contribution in [0.15, 0.2) is 0 Å². The van der Waals surface area contributed by atoms with Gasteiger partial charge in [-0.3, -0.25) is 4.79 Å². The Hall–Kier alpha value is -0.0300. The lowest BCUT2D eigenvalue weighted by Gasteiger charge is -2.24. The second-order valence-electron chi connectivity index (χ2n) is 4.73. The standard InChI is InChI=1S/C13H27N3O.2ClH/c1-3-10-16(4-2)11-9-15-13(17)12-7-5-6-8-14-12;;/h12,14H,3-11H2,1-2H3,(H,15,17);2*1H/t12-;;/m1../s1. The van der Waals surface area contributed by atoms with Crippen molar-refractivity contribution < 1.29 is 4.79 Å². The van der Waals surface area contributed by atoms with Gasteiger partial charge in [0.15, 0.2) is 0 Å². The van der Waals surface area contributed by atoms with Crippen molar-refractivity contribution in [1.29, 1.82) is 0 Å². The zero-order chi connectivity index (χ0) is 12.5. The molecule has 2 N–H and O–H groups in total. The SMILES string of the molecule is CCCN(CC)CCNC(=O)[C@H]1CCCCN1.Cl.Cl. The number of rotatable bonds is 7. The first-order chi connectivity index (χ1) is 8.27. The molecular weight excluding hydrogens is 285 g/mol. The molecule has 1 rings (SSSR count). The highest BCUT2D eigenvalue weighted by molar-refractivity contribution is 5.85. The van der Waals surface area contributed by atoms with E-state index in [0.717, 1.165) is 39.1 Å². The molecule has 0 aromatic carbocycles. The number of nitrogens with zero attached hydrogens (tertiary/aromatic N) is 1. The van der Waals surface area contributed by atoms with Crippen LogP contribution in [-0.2, 0) is 4.79 Å². The quantitative estimate of drug-likeness (QED) is 0.753. The molecule has 1 saturated heterocycles. The van der Waals surface area contributed by atoms with Gasteiger partial charge in [-0.05, 0) is 38.9 Å². The van der Waals surface area contributed by atoms with Gasteiger partial charge >= 0.3 is 0 Å². The molecule has 0 unspecified atom stereocenters. The number of likely N-dealkylation sites (N-methyl/N-ethyl adjacent to an activating group) is 1. The van der Waals surface area contributed by atoms with E-state index in [1.165, 1.54) is 19.3 Å². The molecule has 0 aliphatic carbocycles. The number of carbonyl (C=O) groups is 1. The lowest BCUT2D eigenvalue weighted by Crippen LogP contribution is -2.48. The molecule has 0 radical (unpaired) electrons. The van der Waals surface area contributed by atoms with Crippen molar-refractivity contribution in [2.24, 2.45) is 0 Å². The molecule has 4 nitrogen and oxygen atoms in total. The predicted octanol–water partition coefficient (Wildman–Crippen LogP) is 1.82. The van der Waals surface area contributed by atoms with Crippen LogP contribution in [0.1, 0.15) is 39.5 Å². The third-order valence-electron chi connectivity index (χ3n) is 3.34. The molecule has 0 spiro atoms. The van der Waals surface area contributed by atoms with Crippen molar-refractivity contribution in [3.8, 4) is 0 Å². The van der Waals surface area contributed by atoms with Gasteiger partial charge < -0.3 is 15.5 Å². The van der Waals surface area contributed by atoms with Crippen LogP contribution in [0.25, 0.3) is 0 Å². The first-order valence-electron chi connectivity index (χ1n) is 7.01. The fourth-order valence-electron chi connectivity index (χ4n) is 2.28. The zero-order valence-electron chi connectivity index (χ0n) is 12.1. The van der Waals surface area contributed by atoms with E-state index in [4.69, 9.17) is 0 Å². The Kier molecular flexibility index (Phi) is 14.5. The summed E-state index contributed by atoms with van der Waals surface area (Å²) in [5.74, 6) is 0.178. The summed E-state index contributed by atoms with van der Waals surface area (Å²) in [6, 6.07) is 0.0463. The second kappa shape index (κ2) is 13.0. The van der Waals surface area contributed by atoms with Gasteiger partial charge in [0.25, 0.3) is 0 Å². The topological polar surface area (TPSA) is 44.4 Å². The van der Waals surface area contributed by atoms with Gasteiger partial charge in [0, 0.05) is 13.1 Å². The van der Waals surface area contributed by atoms with E-state index < -0.39 is 0 Å². The maximum absolute atomic E-state index is 11.8. The van der Waals surface area contributed by atoms with E-state index >= 15 is 0 Å². The summed E-state index contributed by atoms with van der Waals surface area (Å²) in [5.41, 5.74) is 0. The average molecular weight is 314 g/mol. The Bertz CT molecular complexity index is 224. The minimum atomic E-state index is 0. The smallest absolute Gasteiger partial charge is 0.237 e. The average Bonchev–Trinajstić information content (AvgIpc) is 2.38. The summed E-state index contributed by atoms with van der Waals surface area (Å²) in [6.45, 7) is 9.25. The number of hydrogen-bond acceptors (Lipinski definition) is 3. The van der Waals surface area contributed by atoms with Crippen molar-refractivity contribution in [2.45, 2.75) is 45.6 Å². The van der Waals surface area contributed by atoms with Gasteiger partial charge in [-0.1, -0.05) is 20.3 Å². The second-order valence-corrected chi connectivity index (χ2v) is 4.73. The molecule has 0 saturated carbocycles. The maximum Gasteiger partial charge on any atom is 0.237 e. The first-order valence-corrected chi connectivity index (χ1v) is 7.01. The Morgan fingerprint density at radius 1 is 1.26 bits per heavy atom. The first kappa shape index (κ1) is 21.3. The van der Waals surface area contributed by atoms with Crippen molar-refractivity contribution in [3.63, 3.8) is 0 Å².